The van der Waals surface area contributed by atoms with Crippen LogP contribution in [0.2, 0.25) is 0 Å². The fraction of sp³-hybridized carbons (Fsp3) is 0.500. The molecule has 0 fully saturated rings. The van der Waals surface area contributed by atoms with Crippen LogP contribution < -0.4 is 9.47 Å². The first kappa shape index (κ1) is 10.6. The molecule has 1 rings (SSSR count). The van der Waals surface area contributed by atoms with Gasteiger partial charge in [0.25, 0.3) is 11.9 Å². The third-order valence-electron chi connectivity index (χ3n) is 1.32. The van der Waals surface area contributed by atoms with Crippen molar-refractivity contribution in [2.45, 2.75) is 13.8 Å². The number of hydrogen-bond donors (Lipinski definition) is 0. The molecule has 0 aliphatic heterocycles. The van der Waals surface area contributed by atoms with E-state index in [-0.39, 0.29) is 19.2 Å². The van der Waals surface area contributed by atoms with E-state index < -0.39 is 17.6 Å². The van der Waals surface area contributed by atoms with E-state index in [0.29, 0.717) is 0 Å². The molecule has 0 amide bonds. The number of ether oxygens (including phenoxy) is 2. The van der Waals surface area contributed by atoms with E-state index in [0.717, 1.165) is 0 Å². The minimum Gasteiger partial charge on any atom is -0.486 e. The van der Waals surface area contributed by atoms with Crippen LogP contribution in [0, 0.1) is 11.9 Å². The van der Waals surface area contributed by atoms with E-state index in [1.54, 1.807) is 13.8 Å². The lowest BCUT2D eigenvalue weighted by Crippen LogP contribution is -2.06. The van der Waals surface area contributed by atoms with Crippen molar-refractivity contribution in [2.75, 3.05) is 13.2 Å². The molecule has 0 aliphatic carbocycles. The first-order valence-corrected chi connectivity index (χ1v) is 4.17. The molecule has 0 saturated carbocycles. The van der Waals surface area contributed by atoms with Gasteiger partial charge in [-0.05, 0) is 13.8 Å². The highest BCUT2D eigenvalue weighted by Gasteiger charge is 2.15. The highest BCUT2D eigenvalue weighted by Crippen LogP contribution is 2.20. The minimum atomic E-state index is -1.05. The van der Waals surface area contributed by atoms with Crippen molar-refractivity contribution in [3.05, 3.63) is 11.9 Å². The van der Waals surface area contributed by atoms with Gasteiger partial charge in [0, 0.05) is 0 Å². The Morgan fingerprint density at radius 3 is 1.93 bits per heavy atom. The lowest BCUT2D eigenvalue weighted by molar-refractivity contribution is 0.264. The normalized spacial score (nSPS) is 10.0. The smallest absolute Gasteiger partial charge is 0.322 e. The second kappa shape index (κ2) is 4.69. The van der Waals surface area contributed by atoms with Crippen LogP contribution in [0.1, 0.15) is 13.8 Å². The van der Waals surface area contributed by atoms with Crippen molar-refractivity contribution < 1.29 is 18.3 Å². The molecule has 4 nitrogen and oxygen atoms in total. The van der Waals surface area contributed by atoms with Gasteiger partial charge in [-0.2, -0.15) is 18.7 Å². The zero-order chi connectivity index (χ0) is 10.6. The fourth-order valence-corrected chi connectivity index (χ4v) is 0.837. The summed E-state index contributed by atoms with van der Waals surface area (Å²) in [5.74, 6) is -2.68. The Bertz CT molecular complexity index is 297. The van der Waals surface area contributed by atoms with Crippen LogP contribution in [0.4, 0.5) is 8.78 Å². The van der Waals surface area contributed by atoms with Crippen LogP contribution in [0.3, 0.4) is 0 Å². The van der Waals surface area contributed by atoms with Gasteiger partial charge < -0.3 is 9.47 Å². The number of halogens is 2. The summed E-state index contributed by atoms with van der Waals surface area (Å²) in [6.07, 6.45) is 0. The summed E-state index contributed by atoms with van der Waals surface area (Å²) in [6, 6.07) is -0.328. The summed E-state index contributed by atoms with van der Waals surface area (Å²) >= 11 is 0. The molecule has 0 unspecified atom stereocenters. The highest BCUT2D eigenvalue weighted by atomic mass is 19.1. The average Bonchev–Trinajstić information content (AvgIpc) is 2.12. The van der Waals surface area contributed by atoms with E-state index in [4.69, 9.17) is 4.74 Å². The van der Waals surface area contributed by atoms with Crippen LogP contribution in [0.15, 0.2) is 0 Å². The lowest BCUT2D eigenvalue weighted by Gasteiger charge is -2.06. The van der Waals surface area contributed by atoms with Crippen molar-refractivity contribution in [3.63, 3.8) is 0 Å². The maximum absolute atomic E-state index is 13.0. The largest absolute Gasteiger partial charge is 0.486 e. The number of hydrogen-bond acceptors (Lipinski definition) is 4. The molecule has 0 aliphatic rings. The summed E-state index contributed by atoms with van der Waals surface area (Å²) < 4.78 is 35.5. The summed E-state index contributed by atoms with van der Waals surface area (Å²) in [5, 5.41) is 0. The third-order valence-corrected chi connectivity index (χ3v) is 1.32. The van der Waals surface area contributed by atoms with Gasteiger partial charge in [0.2, 0.25) is 5.75 Å². The van der Waals surface area contributed by atoms with E-state index in [1.165, 1.54) is 0 Å². The topological polar surface area (TPSA) is 44.2 Å². The molecule has 78 valence electrons. The molecule has 1 aromatic heterocycles. The van der Waals surface area contributed by atoms with Gasteiger partial charge in [-0.1, -0.05) is 0 Å². The van der Waals surface area contributed by atoms with Crippen LogP contribution in [0.25, 0.3) is 0 Å². The van der Waals surface area contributed by atoms with Crippen LogP contribution in [0.5, 0.6) is 11.8 Å². The molecular weight excluding hydrogens is 194 g/mol. The summed E-state index contributed by atoms with van der Waals surface area (Å²) in [6.45, 7) is 3.66. The lowest BCUT2D eigenvalue weighted by atomic mass is 10.5. The van der Waals surface area contributed by atoms with E-state index in [2.05, 4.69) is 14.7 Å². The van der Waals surface area contributed by atoms with Crippen molar-refractivity contribution in [1.82, 2.24) is 9.97 Å². The van der Waals surface area contributed by atoms with Gasteiger partial charge >= 0.3 is 6.01 Å². The van der Waals surface area contributed by atoms with E-state index in [9.17, 15) is 8.78 Å². The Labute approximate surface area is 79.9 Å². The standard InChI is InChI=1S/C8H10F2N2O2/c1-3-13-5-6(9)11-8(14-4-2)12-7(5)10/h3-4H2,1-2H3. The average molecular weight is 204 g/mol. The Hall–Kier alpha value is -1.46. The van der Waals surface area contributed by atoms with Crippen LogP contribution >= 0.6 is 0 Å². The number of nitrogens with zero attached hydrogens (tertiary/aromatic N) is 2. The maximum Gasteiger partial charge on any atom is 0.322 e. The molecule has 1 heterocycles. The predicted octanol–water partition coefficient (Wildman–Crippen LogP) is 1.55. The predicted molar refractivity (Wildman–Crippen MR) is 44.3 cm³/mol. The Morgan fingerprint density at radius 2 is 1.50 bits per heavy atom. The second-order valence-electron chi connectivity index (χ2n) is 2.28. The second-order valence-corrected chi connectivity index (χ2v) is 2.28. The summed E-state index contributed by atoms with van der Waals surface area (Å²) in [4.78, 5) is 6.55. The van der Waals surface area contributed by atoms with Gasteiger partial charge in [0.15, 0.2) is 0 Å². The monoisotopic (exact) mass is 204 g/mol. The maximum atomic E-state index is 13.0. The van der Waals surface area contributed by atoms with Crippen LogP contribution in [-0.2, 0) is 0 Å². The Morgan fingerprint density at radius 1 is 1.00 bits per heavy atom. The van der Waals surface area contributed by atoms with Gasteiger partial charge in [-0.3, -0.25) is 0 Å². The highest BCUT2D eigenvalue weighted by molar-refractivity contribution is 5.18. The van der Waals surface area contributed by atoms with Gasteiger partial charge in [-0.15, -0.1) is 0 Å². The molecule has 0 spiro atoms. The molecule has 0 saturated heterocycles. The number of aromatic nitrogens is 2. The van der Waals surface area contributed by atoms with Crippen molar-refractivity contribution in [1.29, 1.82) is 0 Å². The minimum absolute atomic E-state index is 0.144. The van der Waals surface area contributed by atoms with Crippen molar-refractivity contribution in [2.24, 2.45) is 0 Å². The zero-order valence-electron chi connectivity index (χ0n) is 7.88. The molecule has 6 heteroatoms. The van der Waals surface area contributed by atoms with Crippen molar-refractivity contribution in [3.8, 4) is 11.8 Å². The zero-order valence-corrected chi connectivity index (χ0v) is 7.88. The molecular formula is C8H10F2N2O2. The van der Waals surface area contributed by atoms with Crippen molar-refractivity contribution >= 4 is 0 Å². The quantitative estimate of drug-likeness (QED) is 0.698. The van der Waals surface area contributed by atoms with Gasteiger partial charge in [-0.25, -0.2) is 0 Å². The summed E-state index contributed by atoms with van der Waals surface area (Å²) in [5.41, 5.74) is 0. The first-order chi connectivity index (χ1) is 6.69. The molecule has 0 N–H and O–H groups in total. The number of rotatable bonds is 4. The fourth-order valence-electron chi connectivity index (χ4n) is 0.837. The SMILES string of the molecule is CCOc1nc(F)c(OCC)c(F)n1. The summed E-state index contributed by atoms with van der Waals surface area (Å²) in [7, 11) is 0. The third kappa shape index (κ3) is 2.27. The molecule has 0 bridgehead atoms. The van der Waals surface area contributed by atoms with Crippen LogP contribution in [-0.4, -0.2) is 23.2 Å². The molecule has 0 atom stereocenters. The molecule has 14 heavy (non-hydrogen) atoms. The molecule has 0 radical (unpaired) electrons. The van der Waals surface area contributed by atoms with E-state index in [1.807, 2.05) is 0 Å². The van der Waals surface area contributed by atoms with Gasteiger partial charge in [0.05, 0.1) is 13.2 Å². The van der Waals surface area contributed by atoms with E-state index >= 15 is 0 Å². The first-order valence-electron chi connectivity index (χ1n) is 4.17. The molecule has 1 aromatic rings. The van der Waals surface area contributed by atoms with Gasteiger partial charge in [0.1, 0.15) is 0 Å². The molecule has 0 aromatic carbocycles. The Kier molecular flexibility index (Phi) is 3.55. The Balaban J connectivity index is 2.98.